The number of carbonyl (C=O) groups is 1. The average Bonchev–Trinajstić information content (AvgIpc) is 3.14. The molecule has 5 saturated carbocycles. The summed E-state index contributed by atoms with van der Waals surface area (Å²) in [5, 5.41) is 20.2. The first-order valence-electron chi connectivity index (χ1n) is 9.13. The lowest BCUT2D eigenvalue weighted by molar-refractivity contribution is -0.177. The highest BCUT2D eigenvalue weighted by Gasteiger charge is 2.62. The first kappa shape index (κ1) is 14.2. The van der Waals surface area contributed by atoms with Crippen molar-refractivity contribution in [2.24, 2.45) is 28.9 Å². The number of likely N-dealkylation sites (tertiary alicyclic amines) is 1. The molecule has 5 nitrogen and oxygen atoms in total. The van der Waals surface area contributed by atoms with Crippen molar-refractivity contribution in [2.45, 2.75) is 75.1 Å². The van der Waals surface area contributed by atoms with E-state index in [0.717, 1.165) is 38.5 Å². The Morgan fingerprint density at radius 3 is 2.52 bits per heavy atom. The summed E-state index contributed by atoms with van der Waals surface area (Å²) in [5.74, 6) is 1.56. The third-order valence-electron chi connectivity index (χ3n) is 7.51. The number of hydrogen-bond acceptors (Lipinski definition) is 4. The maximum absolute atomic E-state index is 13.1. The first-order valence-corrected chi connectivity index (χ1v) is 9.13. The van der Waals surface area contributed by atoms with E-state index in [2.05, 4.69) is 6.07 Å². The van der Waals surface area contributed by atoms with Crippen molar-refractivity contribution in [3.8, 4) is 6.07 Å². The van der Waals surface area contributed by atoms with Crippen LogP contribution in [-0.2, 0) is 4.79 Å². The van der Waals surface area contributed by atoms with E-state index in [1.165, 1.54) is 6.42 Å². The molecule has 124 valence electrons. The van der Waals surface area contributed by atoms with Crippen molar-refractivity contribution >= 4 is 5.91 Å². The molecule has 1 amide bonds. The van der Waals surface area contributed by atoms with Gasteiger partial charge in [-0.2, -0.15) is 5.26 Å². The average molecular weight is 315 g/mol. The van der Waals surface area contributed by atoms with Gasteiger partial charge in [0.2, 0.25) is 5.91 Å². The zero-order valence-corrected chi connectivity index (χ0v) is 13.4. The predicted octanol–water partition coefficient (Wildman–Crippen LogP) is 1.16. The number of fused-ring (bicyclic) bond motifs is 1. The molecule has 6 fully saturated rings. The lowest BCUT2D eigenvalue weighted by Crippen LogP contribution is -2.64. The number of nitrogens with two attached hydrogens (primary N) is 1. The molecule has 23 heavy (non-hydrogen) atoms. The van der Waals surface area contributed by atoms with Crippen LogP contribution in [0.5, 0.6) is 0 Å². The quantitative estimate of drug-likeness (QED) is 0.800. The number of nitriles is 1. The Hall–Kier alpha value is -1.12. The molecule has 6 rings (SSSR count). The van der Waals surface area contributed by atoms with Gasteiger partial charge in [-0.05, 0) is 74.5 Å². The second-order valence-electron chi connectivity index (χ2n) is 9.21. The largest absolute Gasteiger partial charge is 0.390 e. The van der Waals surface area contributed by atoms with Crippen LogP contribution in [0, 0.1) is 34.5 Å². The summed E-state index contributed by atoms with van der Waals surface area (Å²) in [6, 6.07) is 1.72. The predicted molar refractivity (Wildman–Crippen MR) is 82.8 cm³/mol. The highest BCUT2D eigenvalue weighted by Crippen LogP contribution is 2.63. The third kappa shape index (κ3) is 1.88. The van der Waals surface area contributed by atoms with Gasteiger partial charge in [-0.1, -0.05) is 0 Å². The van der Waals surface area contributed by atoms with Crippen LogP contribution in [0.3, 0.4) is 0 Å². The molecule has 0 aromatic rings. The molecule has 1 saturated heterocycles. The molecule has 1 heterocycles. The number of carbonyl (C=O) groups excluding carboxylic acids is 1. The van der Waals surface area contributed by atoms with E-state index in [1.807, 2.05) is 0 Å². The van der Waals surface area contributed by atoms with Gasteiger partial charge < -0.3 is 15.7 Å². The van der Waals surface area contributed by atoms with Gasteiger partial charge in [0.25, 0.3) is 0 Å². The van der Waals surface area contributed by atoms with Gasteiger partial charge in [-0.25, -0.2) is 0 Å². The number of amides is 1. The second kappa shape index (κ2) is 4.29. The molecule has 4 bridgehead atoms. The molecular formula is C18H25N3O2. The van der Waals surface area contributed by atoms with Gasteiger partial charge >= 0.3 is 0 Å². The van der Waals surface area contributed by atoms with Gasteiger partial charge in [0.15, 0.2) is 0 Å². The Kier molecular flexibility index (Phi) is 2.65. The molecule has 2 unspecified atom stereocenters. The standard InChI is InChI=1S/C18H25N3O2/c19-8-13-2-12-3-14(12)21(13)16(22)15(20)17-4-10-1-11(5-17)7-18(23,6-10)9-17/h10-15,23H,1-7,9,20H2/t10?,11?,12-,13-,14+,15-,17?,18?/m1/s1. The van der Waals surface area contributed by atoms with Crippen LogP contribution in [-0.4, -0.2) is 39.6 Å². The number of aliphatic hydroxyl groups is 1. The Morgan fingerprint density at radius 2 is 1.91 bits per heavy atom. The summed E-state index contributed by atoms with van der Waals surface area (Å²) in [6.45, 7) is 0. The Balaban J connectivity index is 1.43. The van der Waals surface area contributed by atoms with Gasteiger partial charge in [-0.3, -0.25) is 4.79 Å². The number of nitrogens with zero attached hydrogens (tertiary/aromatic N) is 2. The normalized spacial score (nSPS) is 53.8. The highest BCUT2D eigenvalue weighted by atomic mass is 16.3. The van der Waals surface area contributed by atoms with Crippen molar-refractivity contribution in [3.63, 3.8) is 0 Å². The number of piperidine rings is 1. The van der Waals surface area contributed by atoms with E-state index < -0.39 is 11.6 Å². The zero-order chi connectivity index (χ0) is 16.0. The third-order valence-corrected chi connectivity index (χ3v) is 7.51. The van der Waals surface area contributed by atoms with Crippen molar-refractivity contribution < 1.29 is 9.90 Å². The second-order valence-corrected chi connectivity index (χ2v) is 9.21. The minimum Gasteiger partial charge on any atom is -0.390 e. The fourth-order valence-corrected chi connectivity index (χ4v) is 6.96. The summed E-state index contributed by atoms with van der Waals surface area (Å²) < 4.78 is 0. The van der Waals surface area contributed by atoms with E-state index in [4.69, 9.17) is 5.73 Å². The fraction of sp³-hybridized carbons (Fsp3) is 0.889. The summed E-state index contributed by atoms with van der Waals surface area (Å²) in [4.78, 5) is 14.9. The van der Waals surface area contributed by atoms with Crippen LogP contribution in [0.2, 0.25) is 0 Å². The Labute approximate surface area is 136 Å². The first-order chi connectivity index (χ1) is 10.9. The fourth-order valence-electron chi connectivity index (χ4n) is 6.96. The summed E-state index contributed by atoms with van der Waals surface area (Å²) in [5.41, 5.74) is 5.71. The smallest absolute Gasteiger partial charge is 0.241 e. The van der Waals surface area contributed by atoms with Gasteiger partial charge in [0.05, 0.1) is 17.7 Å². The van der Waals surface area contributed by atoms with E-state index in [-0.39, 0.29) is 23.4 Å². The molecule has 1 aliphatic heterocycles. The molecule has 5 heteroatoms. The molecule has 0 aromatic heterocycles. The maximum Gasteiger partial charge on any atom is 0.241 e. The summed E-state index contributed by atoms with van der Waals surface area (Å²) >= 11 is 0. The van der Waals surface area contributed by atoms with Crippen molar-refractivity contribution in [1.82, 2.24) is 4.90 Å². The summed E-state index contributed by atoms with van der Waals surface area (Å²) in [6.07, 6.45) is 7.48. The monoisotopic (exact) mass is 315 g/mol. The van der Waals surface area contributed by atoms with E-state index in [0.29, 0.717) is 24.2 Å². The van der Waals surface area contributed by atoms with Crippen LogP contribution in [0.15, 0.2) is 0 Å². The van der Waals surface area contributed by atoms with Crippen LogP contribution >= 0.6 is 0 Å². The maximum atomic E-state index is 13.1. The lowest BCUT2D eigenvalue weighted by Gasteiger charge is -2.61. The Bertz CT molecular complexity index is 598. The van der Waals surface area contributed by atoms with Crippen LogP contribution < -0.4 is 5.73 Å². The van der Waals surface area contributed by atoms with Gasteiger partial charge in [0.1, 0.15) is 6.04 Å². The highest BCUT2D eigenvalue weighted by molar-refractivity contribution is 5.84. The molecular weight excluding hydrogens is 290 g/mol. The van der Waals surface area contributed by atoms with E-state index in [1.54, 1.807) is 4.90 Å². The van der Waals surface area contributed by atoms with Gasteiger partial charge in [0, 0.05) is 6.04 Å². The Morgan fingerprint density at radius 1 is 1.22 bits per heavy atom. The molecule has 3 N–H and O–H groups in total. The minimum absolute atomic E-state index is 0.0212. The number of rotatable bonds is 2. The van der Waals surface area contributed by atoms with Gasteiger partial charge in [-0.15, -0.1) is 0 Å². The molecule has 0 spiro atoms. The van der Waals surface area contributed by atoms with Crippen molar-refractivity contribution in [1.29, 1.82) is 5.26 Å². The van der Waals surface area contributed by atoms with Crippen molar-refractivity contribution in [3.05, 3.63) is 0 Å². The SMILES string of the molecule is N#C[C@H]1C[C@@H]2C[C@@H]2N1C(=O)[C@@H](N)C12CC3CC(CC(O)(C3)C1)C2. The van der Waals surface area contributed by atoms with Crippen molar-refractivity contribution in [2.75, 3.05) is 0 Å². The number of hydrogen-bond donors (Lipinski definition) is 2. The molecule has 6 atom stereocenters. The van der Waals surface area contributed by atoms with E-state index in [9.17, 15) is 15.2 Å². The minimum atomic E-state index is -0.594. The van der Waals surface area contributed by atoms with Crippen LogP contribution in [0.25, 0.3) is 0 Å². The summed E-state index contributed by atoms with van der Waals surface area (Å²) in [7, 11) is 0. The van der Waals surface area contributed by atoms with Crippen LogP contribution in [0.4, 0.5) is 0 Å². The lowest BCUT2D eigenvalue weighted by atomic mass is 9.46. The topological polar surface area (TPSA) is 90.4 Å². The molecule has 5 aliphatic carbocycles. The molecule has 6 aliphatic rings. The zero-order valence-electron chi connectivity index (χ0n) is 13.4. The molecule has 0 aromatic carbocycles. The van der Waals surface area contributed by atoms with Crippen LogP contribution in [0.1, 0.15) is 51.4 Å². The van der Waals surface area contributed by atoms with E-state index >= 15 is 0 Å². The molecule has 0 radical (unpaired) electrons.